The molecule has 0 bridgehead atoms. The number of aromatic nitrogens is 5. The van der Waals surface area contributed by atoms with Crippen molar-refractivity contribution >= 4 is 29.3 Å². The number of ether oxygens (including phenoxy) is 2. The lowest BCUT2D eigenvalue weighted by atomic mass is 9.78. The highest BCUT2D eigenvalue weighted by Crippen LogP contribution is 2.36. The molecule has 4 heterocycles. The summed E-state index contributed by atoms with van der Waals surface area (Å²) in [5, 5.41) is 13.4. The zero-order valence-electron chi connectivity index (χ0n) is 28.4. The van der Waals surface area contributed by atoms with E-state index in [2.05, 4.69) is 56.9 Å². The van der Waals surface area contributed by atoms with E-state index in [1.54, 1.807) is 42.9 Å². The van der Waals surface area contributed by atoms with Crippen LogP contribution in [-0.2, 0) is 15.0 Å². The van der Waals surface area contributed by atoms with Gasteiger partial charge in [0, 0.05) is 48.7 Å². The van der Waals surface area contributed by atoms with Gasteiger partial charge in [-0.1, -0.05) is 43.3 Å². The van der Waals surface area contributed by atoms with Gasteiger partial charge < -0.3 is 14.8 Å². The Kier molecular flexibility index (Phi) is 8.20. The van der Waals surface area contributed by atoms with E-state index >= 15 is 0 Å². The maximum atomic E-state index is 13.2. The minimum atomic E-state index is -0.989. The first kappa shape index (κ1) is 32.7. The average molecular weight is 699 g/mol. The van der Waals surface area contributed by atoms with Crippen LogP contribution < -0.4 is 20.1 Å². The van der Waals surface area contributed by atoms with Crippen molar-refractivity contribution in [3.05, 3.63) is 114 Å². The van der Waals surface area contributed by atoms with E-state index in [0.29, 0.717) is 23.3 Å². The molecule has 2 N–H and O–H groups in total. The Labute approximate surface area is 298 Å². The van der Waals surface area contributed by atoms with Crippen molar-refractivity contribution in [2.45, 2.75) is 63.1 Å². The van der Waals surface area contributed by atoms with Gasteiger partial charge in [0.05, 0.1) is 23.5 Å². The molecule has 14 nitrogen and oxygen atoms in total. The second-order valence-electron chi connectivity index (χ2n) is 13.6. The number of piperidine rings is 1. The summed E-state index contributed by atoms with van der Waals surface area (Å²) in [5.41, 5.74) is 3.19. The van der Waals surface area contributed by atoms with Crippen LogP contribution in [-0.4, -0.2) is 71.7 Å². The first-order valence-electron chi connectivity index (χ1n) is 17.0. The normalized spacial score (nSPS) is 19.9. The van der Waals surface area contributed by atoms with Crippen molar-refractivity contribution in [1.82, 2.24) is 35.2 Å². The summed E-state index contributed by atoms with van der Waals surface area (Å²) in [6, 6.07) is 22.0. The Bertz CT molecular complexity index is 2180. The summed E-state index contributed by atoms with van der Waals surface area (Å²) >= 11 is 0. The van der Waals surface area contributed by atoms with Crippen LogP contribution >= 0.6 is 0 Å². The Hall–Kier alpha value is -6.44. The Balaban J connectivity index is 0.840. The minimum absolute atomic E-state index is 0.0340. The molecule has 5 aromatic rings. The maximum absolute atomic E-state index is 13.2. The van der Waals surface area contributed by atoms with E-state index in [0.717, 1.165) is 34.6 Å². The molecule has 2 aliphatic heterocycles. The van der Waals surface area contributed by atoms with Crippen LogP contribution in [0.4, 0.5) is 5.69 Å². The summed E-state index contributed by atoms with van der Waals surface area (Å²) in [7, 11) is 0. The van der Waals surface area contributed by atoms with Gasteiger partial charge in [0.15, 0.2) is 0 Å². The Morgan fingerprint density at radius 1 is 0.846 bits per heavy atom. The summed E-state index contributed by atoms with van der Waals surface area (Å²) < 4.78 is 13.7. The lowest BCUT2D eigenvalue weighted by molar-refractivity contribution is -0.136. The second-order valence-corrected chi connectivity index (χ2v) is 13.6. The van der Waals surface area contributed by atoms with Crippen molar-refractivity contribution in [3.8, 4) is 23.3 Å². The van der Waals surface area contributed by atoms with Crippen molar-refractivity contribution in [3.63, 3.8) is 0 Å². The smallest absolute Gasteiger partial charge is 0.262 e. The Morgan fingerprint density at radius 3 is 2.25 bits per heavy atom. The molecule has 1 unspecified atom stereocenters. The molecule has 2 fully saturated rings. The summed E-state index contributed by atoms with van der Waals surface area (Å²) in [5.74, 6) is 0.128. The van der Waals surface area contributed by atoms with E-state index in [1.807, 2.05) is 36.4 Å². The fourth-order valence-electron chi connectivity index (χ4n) is 6.76. The van der Waals surface area contributed by atoms with Crippen LogP contribution in [0.3, 0.4) is 0 Å². The summed E-state index contributed by atoms with van der Waals surface area (Å²) in [4.78, 5) is 59.7. The van der Waals surface area contributed by atoms with E-state index in [4.69, 9.17) is 9.47 Å². The second kappa shape index (κ2) is 13.0. The standard InChI is InChI=1S/C38H34N8O6/c1-38(2,23-5-10-27(11-6-23)52-33-15-16-39-37(43-33)45-18-17-40-44-45)22-3-8-26(9-4-22)51-28-19-25(20-28)41-24-7-12-29-30(21-24)36(50)46(35(29)49)31-13-14-32(47)42-34(31)48/h3-12,15-18,21,25,28,31,41H,13-14,19-20H2,1-2H3,(H,42,47,48). The molecule has 52 heavy (non-hydrogen) atoms. The highest BCUT2D eigenvalue weighted by molar-refractivity contribution is 6.23. The van der Waals surface area contributed by atoms with Crippen molar-refractivity contribution < 1.29 is 28.7 Å². The van der Waals surface area contributed by atoms with Gasteiger partial charge in [-0.15, -0.1) is 5.10 Å². The van der Waals surface area contributed by atoms with Gasteiger partial charge in [0.2, 0.25) is 17.7 Å². The van der Waals surface area contributed by atoms with Crippen LogP contribution in [0.5, 0.6) is 17.4 Å². The minimum Gasteiger partial charge on any atom is -0.490 e. The number of fused-ring (bicyclic) bond motifs is 1. The molecule has 3 aliphatic rings. The predicted octanol–water partition coefficient (Wildman–Crippen LogP) is 4.60. The number of carbonyl (C=O) groups excluding carboxylic acids is 4. The number of benzene rings is 3. The largest absolute Gasteiger partial charge is 0.490 e. The van der Waals surface area contributed by atoms with E-state index < -0.39 is 29.7 Å². The summed E-state index contributed by atoms with van der Waals surface area (Å²) in [6.45, 7) is 4.34. The molecule has 1 atom stereocenters. The number of hydrogen-bond donors (Lipinski definition) is 2. The first-order valence-corrected chi connectivity index (χ1v) is 17.0. The van der Waals surface area contributed by atoms with Gasteiger partial charge in [-0.05, 0) is 60.0 Å². The number of anilines is 1. The van der Waals surface area contributed by atoms with E-state index in [1.165, 1.54) is 4.68 Å². The van der Waals surface area contributed by atoms with Crippen molar-refractivity contribution in [2.24, 2.45) is 0 Å². The van der Waals surface area contributed by atoms with Crippen LogP contribution in [0.1, 0.15) is 71.4 Å². The van der Waals surface area contributed by atoms with Crippen LogP contribution in [0.15, 0.2) is 91.4 Å². The van der Waals surface area contributed by atoms with Gasteiger partial charge >= 0.3 is 0 Å². The number of hydrogen-bond acceptors (Lipinski definition) is 11. The molecule has 262 valence electrons. The van der Waals surface area contributed by atoms with Gasteiger partial charge in [-0.2, -0.15) is 9.67 Å². The number of carbonyl (C=O) groups is 4. The summed E-state index contributed by atoms with van der Waals surface area (Å²) in [6.07, 6.45) is 6.59. The monoisotopic (exact) mass is 698 g/mol. The average Bonchev–Trinajstić information content (AvgIpc) is 3.75. The fourth-order valence-corrected chi connectivity index (χ4v) is 6.76. The van der Waals surface area contributed by atoms with E-state index in [9.17, 15) is 19.2 Å². The molecule has 1 saturated heterocycles. The quantitative estimate of drug-likeness (QED) is 0.196. The number of nitrogens with zero attached hydrogens (tertiary/aromatic N) is 6. The Morgan fingerprint density at radius 2 is 1.56 bits per heavy atom. The van der Waals surface area contributed by atoms with E-state index in [-0.39, 0.29) is 41.5 Å². The number of imide groups is 2. The molecular formula is C38H34N8O6. The van der Waals surface area contributed by atoms with Gasteiger partial charge in [-0.25, -0.2) is 4.98 Å². The maximum Gasteiger partial charge on any atom is 0.262 e. The van der Waals surface area contributed by atoms with Crippen LogP contribution in [0.2, 0.25) is 0 Å². The van der Waals surface area contributed by atoms with Crippen molar-refractivity contribution in [2.75, 3.05) is 5.32 Å². The SMILES string of the molecule is CC(C)(c1ccc(Oc2ccnc(-n3ccnn3)n2)cc1)c1ccc(OC2CC(Nc3ccc4c(c3)C(=O)N(C3CCC(=O)NC3=O)C4=O)C2)cc1. The van der Waals surface area contributed by atoms with Crippen LogP contribution in [0.25, 0.3) is 5.95 Å². The molecule has 0 radical (unpaired) electrons. The van der Waals surface area contributed by atoms with Crippen molar-refractivity contribution in [1.29, 1.82) is 0 Å². The molecule has 2 aromatic heterocycles. The molecule has 0 spiro atoms. The van der Waals surface area contributed by atoms with Gasteiger partial charge in [0.25, 0.3) is 17.8 Å². The van der Waals surface area contributed by atoms with Gasteiger partial charge in [-0.3, -0.25) is 29.4 Å². The number of rotatable bonds is 10. The lowest BCUT2D eigenvalue weighted by Gasteiger charge is -2.36. The zero-order chi connectivity index (χ0) is 36.0. The highest BCUT2D eigenvalue weighted by atomic mass is 16.5. The lowest BCUT2D eigenvalue weighted by Crippen LogP contribution is -2.54. The fraction of sp³-hybridized carbons (Fsp3) is 0.263. The molecular weight excluding hydrogens is 664 g/mol. The molecule has 14 heteroatoms. The molecule has 3 aromatic carbocycles. The third kappa shape index (κ3) is 6.23. The predicted molar refractivity (Wildman–Crippen MR) is 186 cm³/mol. The molecule has 1 aliphatic carbocycles. The zero-order valence-corrected chi connectivity index (χ0v) is 28.4. The van der Waals surface area contributed by atoms with Gasteiger partial charge in [0.1, 0.15) is 23.6 Å². The highest BCUT2D eigenvalue weighted by Gasteiger charge is 2.45. The molecule has 1 saturated carbocycles. The third-order valence-corrected chi connectivity index (χ3v) is 9.83. The number of amides is 4. The topological polar surface area (TPSA) is 171 Å². The number of nitrogens with one attached hydrogen (secondary N) is 2. The molecule has 8 rings (SSSR count). The first-order chi connectivity index (χ1) is 25.1. The van der Waals surface area contributed by atoms with Crippen LogP contribution in [0, 0.1) is 0 Å². The third-order valence-electron chi connectivity index (χ3n) is 9.83. The molecule has 4 amide bonds.